The van der Waals surface area contributed by atoms with Crippen LogP contribution in [0.3, 0.4) is 0 Å². The van der Waals surface area contributed by atoms with Crippen molar-refractivity contribution >= 4 is 5.97 Å². The molecule has 0 amide bonds. The van der Waals surface area contributed by atoms with Gasteiger partial charge in [-0.3, -0.25) is 4.79 Å². The number of fused-ring (bicyclic) bond motifs is 7. The molecular weight excluding hydrogens is 712 g/mol. The third-order valence-corrected chi connectivity index (χ3v) is 17.3. The van der Waals surface area contributed by atoms with Crippen LogP contribution in [0.1, 0.15) is 113 Å². The van der Waals surface area contributed by atoms with Crippen molar-refractivity contribution in [2.24, 2.45) is 50.2 Å². The average molecular weight is 781 g/mol. The zero-order valence-electron chi connectivity index (χ0n) is 33.8. The summed E-state index contributed by atoms with van der Waals surface area (Å²) in [5.41, 5.74) is 0.210. The predicted molar refractivity (Wildman–Crippen MR) is 198 cm³/mol. The maximum absolute atomic E-state index is 13.1. The van der Waals surface area contributed by atoms with Crippen LogP contribution < -0.4 is 0 Å². The number of hydrogen-bond acceptors (Lipinski definition) is 12. The van der Waals surface area contributed by atoms with E-state index < -0.39 is 91.4 Å². The number of rotatable bonds is 7. The summed E-state index contributed by atoms with van der Waals surface area (Å²) in [6.45, 7) is 15.1. The molecule has 0 aromatic rings. The van der Waals surface area contributed by atoms with Crippen LogP contribution in [0.25, 0.3) is 0 Å². The Morgan fingerprint density at radius 3 is 1.98 bits per heavy atom. The van der Waals surface area contributed by atoms with Crippen LogP contribution in [-0.4, -0.2) is 128 Å². The van der Waals surface area contributed by atoms with Crippen LogP contribution in [0.2, 0.25) is 0 Å². The van der Waals surface area contributed by atoms with E-state index in [0.717, 1.165) is 51.4 Å². The van der Waals surface area contributed by atoms with Crippen LogP contribution in [0, 0.1) is 50.2 Å². The van der Waals surface area contributed by atoms with E-state index in [1.165, 1.54) is 5.57 Å². The second-order valence-electron chi connectivity index (χ2n) is 20.7. The van der Waals surface area contributed by atoms with Crippen molar-refractivity contribution in [1.82, 2.24) is 0 Å². The predicted octanol–water partition coefficient (Wildman–Crippen LogP) is 2.88. The number of aliphatic hydroxyl groups excluding tert-OH is 7. The third-order valence-electron chi connectivity index (χ3n) is 17.3. The van der Waals surface area contributed by atoms with Gasteiger partial charge in [0.1, 0.15) is 48.8 Å². The Kier molecular flexibility index (Phi) is 10.8. The minimum absolute atomic E-state index is 0.0240. The molecule has 2 heterocycles. The Bertz CT molecular complexity index is 1480. The fourth-order valence-electron chi connectivity index (χ4n) is 13.7. The van der Waals surface area contributed by atoms with Gasteiger partial charge >= 0.3 is 5.97 Å². The zero-order chi connectivity index (χ0) is 40.3. The molecule has 0 aromatic carbocycles. The Morgan fingerprint density at radius 1 is 0.727 bits per heavy atom. The average Bonchev–Trinajstić information content (AvgIpc) is 3.12. The van der Waals surface area contributed by atoms with Crippen molar-refractivity contribution in [2.75, 3.05) is 13.2 Å². The lowest BCUT2D eigenvalue weighted by Gasteiger charge is -2.71. The van der Waals surface area contributed by atoms with Gasteiger partial charge in [-0.1, -0.05) is 60.1 Å². The molecular formula is C42H68O13. The molecule has 0 spiro atoms. The lowest BCUT2D eigenvalue weighted by molar-refractivity contribution is -0.378. The van der Waals surface area contributed by atoms with Crippen LogP contribution in [-0.2, 0) is 23.7 Å². The zero-order valence-corrected chi connectivity index (χ0v) is 33.8. The molecule has 7 aliphatic rings. The Morgan fingerprint density at radius 2 is 1.35 bits per heavy atom. The van der Waals surface area contributed by atoms with E-state index in [1.807, 2.05) is 0 Å². The van der Waals surface area contributed by atoms with Gasteiger partial charge in [-0.25, -0.2) is 0 Å². The molecule has 13 nitrogen and oxygen atoms in total. The molecule has 0 bridgehead atoms. The molecule has 0 radical (unpaired) electrons. The standard InChI is InChI=1S/C42H68O13/c1-37(2)14-16-42(36(50)51)17-15-40(6)21(22(42)18-37)8-9-26-39(5)12-11-27(38(3,4)25(39)10-13-41(26,40)7)54-35-33(31(48)29(46)24(20-44)53-35)55-34-32(49)30(47)28(45)23(19-43)52-34/h8,22-35,43-49H,9-20H2,1-7H3,(H,50,51)/t22-,23+,24+,25-,26+,27-,28-,29+,30-,31-,32+,33+,34-,35+,39-,40+,41+,42-/m0/s1. The van der Waals surface area contributed by atoms with E-state index in [4.69, 9.17) is 18.9 Å². The third kappa shape index (κ3) is 6.23. The minimum Gasteiger partial charge on any atom is -0.481 e. The van der Waals surface area contributed by atoms with Gasteiger partial charge in [0, 0.05) is 0 Å². The van der Waals surface area contributed by atoms with Gasteiger partial charge in [-0.2, -0.15) is 0 Å². The summed E-state index contributed by atoms with van der Waals surface area (Å²) >= 11 is 0. The first kappa shape index (κ1) is 41.9. The smallest absolute Gasteiger partial charge is 0.310 e. The SMILES string of the molecule is CC1(C)CC[C@]2(C(=O)O)CC[C@]3(C)C(=CC[C@@H]4[C@@]5(C)CC[C@H](O[C@H]6O[C@H](CO)[C@@H](O)[C@H](O)[C@H]6O[C@@H]6O[C@H](CO)[C@H](O)[C@H](O)[C@H]6O)C(C)(C)[C@@H]5CC[C@]43C)[C@@H]2C1. The Hall–Kier alpha value is -1.23. The molecule has 0 aromatic heterocycles. The first-order valence-electron chi connectivity index (χ1n) is 20.8. The maximum atomic E-state index is 13.1. The molecule has 7 rings (SSSR count). The highest BCUT2D eigenvalue weighted by Crippen LogP contribution is 2.76. The summed E-state index contributed by atoms with van der Waals surface area (Å²) in [4.78, 5) is 13.1. The number of carboxylic acid groups (broad SMARTS) is 1. The van der Waals surface area contributed by atoms with Gasteiger partial charge in [-0.05, 0) is 109 Å². The number of carboxylic acids is 1. The van der Waals surface area contributed by atoms with Gasteiger partial charge in [0.05, 0.1) is 24.7 Å². The van der Waals surface area contributed by atoms with Crippen LogP contribution >= 0.6 is 0 Å². The molecule has 18 atom stereocenters. The van der Waals surface area contributed by atoms with E-state index in [0.29, 0.717) is 18.8 Å². The first-order valence-corrected chi connectivity index (χ1v) is 20.8. The van der Waals surface area contributed by atoms with Crippen molar-refractivity contribution in [3.8, 4) is 0 Å². The Balaban J connectivity index is 1.15. The fraction of sp³-hybridized carbons (Fsp3) is 0.929. The highest BCUT2D eigenvalue weighted by Gasteiger charge is 2.69. The summed E-state index contributed by atoms with van der Waals surface area (Å²) < 4.78 is 24.4. The molecule has 55 heavy (non-hydrogen) atoms. The molecule has 2 saturated heterocycles. The lowest BCUT2D eigenvalue weighted by Crippen LogP contribution is -2.67. The normalized spacial score (nSPS) is 53.2. The quantitative estimate of drug-likeness (QED) is 0.138. The molecule has 0 unspecified atom stereocenters. The molecule has 8 N–H and O–H groups in total. The second-order valence-corrected chi connectivity index (χ2v) is 20.7. The second kappa shape index (κ2) is 14.2. The first-order chi connectivity index (χ1) is 25.6. The molecule has 4 saturated carbocycles. The lowest BCUT2D eigenvalue weighted by atomic mass is 9.33. The van der Waals surface area contributed by atoms with Crippen molar-refractivity contribution in [2.45, 2.75) is 180 Å². The molecule has 314 valence electrons. The van der Waals surface area contributed by atoms with Crippen molar-refractivity contribution in [1.29, 1.82) is 0 Å². The van der Waals surface area contributed by atoms with Crippen LogP contribution in [0.5, 0.6) is 0 Å². The highest BCUT2D eigenvalue weighted by molar-refractivity contribution is 5.76. The van der Waals surface area contributed by atoms with E-state index >= 15 is 0 Å². The summed E-state index contributed by atoms with van der Waals surface area (Å²) in [5, 5.41) is 84.1. The summed E-state index contributed by atoms with van der Waals surface area (Å²) in [5.74, 6) is 0.0181. The van der Waals surface area contributed by atoms with Gasteiger partial charge < -0.3 is 59.8 Å². The number of aliphatic carboxylic acids is 1. The molecule has 13 heteroatoms. The summed E-state index contributed by atoms with van der Waals surface area (Å²) in [6.07, 6.45) is -4.41. The molecule has 2 aliphatic heterocycles. The monoisotopic (exact) mass is 780 g/mol. The molecule has 5 aliphatic carbocycles. The van der Waals surface area contributed by atoms with E-state index in [2.05, 4.69) is 54.5 Å². The number of carbonyl (C=O) groups is 1. The van der Waals surface area contributed by atoms with Crippen LogP contribution in [0.4, 0.5) is 0 Å². The van der Waals surface area contributed by atoms with Crippen molar-refractivity contribution in [3.63, 3.8) is 0 Å². The van der Waals surface area contributed by atoms with Crippen molar-refractivity contribution in [3.05, 3.63) is 11.6 Å². The fourth-order valence-corrected chi connectivity index (χ4v) is 13.7. The number of aliphatic hydroxyl groups is 7. The molecule has 6 fully saturated rings. The van der Waals surface area contributed by atoms with Gasteiger partial charge in [0.25, 0.3) is 0 Å². The summed E-state index contributed by atoms with van der Waals surface area (Å²) in [6, 6.07) is 0. The summed E-state index contributed by atoms with van der Waals surface area (Å²) in [7, 11) is 0. The number of ether oxygens (including phenoxy) is 4. The van der Waals surface area contributed by atoms with Crippen LogP contribution in [0.15, 0.2) is 11.6 Å². The minimum atomic E-state index is -1.75. The largest absolute Gasteiger partial charge is 0.481 e. The topological polar surface area (TPSA) is 216 Å². The van der Waals surface area contributed by atoms with Gasteiger partial charge in [0.2, 0.25) is 0 Å². The van der Waals surface area contributed by atoms with Gasteiger partial charge in [-0.15, -0.1) is 0 Å². The Labute approximate surface area is 325 Å². The number of hydrogen-bond donors (Lipinski definition) is 8. The maximum Gasteiger partial charge on any atom is 0.310 e. The van der Waals surface area contributed by atoms with E-state index in [9.17, 15) is 45.6 Å². The van der Waals surface area contributed by atoms with Crippen molar-refractivity contribution < 1.29 is 64.6 Å². The van der Waals surface area contributed by atoms with Gasteiger partial charge in [0.15, 0.2) is 12.6 Å². The highest BCUT2D eigenvalue weighted by atomic mass is 16.8. The van der Waals surface area contributed by atoms with E-state index in [1.54, 1.807) is 0 Å². The number of allylic oxidation sites excluding steroid dienone is 2. The van der Waals surface area contributed by atoms with E-state index in [-0.39, 0.29) is 39.6 Å².